The van der Waals surface area contributed by atoms with Crippen molar-refractivity contribution >= 4 is 21.7 Å². The summed E-state index contributed by atoms with van der Waals surface area (Å²) in [5, 5.41) is 14.2. The van der Waals surface area contributed by atoms with Crippen LogP contribution in [0.15, 0.2) is 36.4 Å². The van der Waals surface area contributed by atoms with Crippen molar-refractivity contribution in [3.63, 3.8) is 0 Å². The molecular weight excluding hydrogens is 312 g/mol. The standard InChI is InChI=1S/C21H24N2O2/c1-13-10-23(11-14(2)25-13)12-19-15(3)22-20-17-7-5-4-6-16(17)8-9-18(20)21(19)24/h4-9,13-14H,10-12H2,1-3H3,(H,22,24)/p+2. The smallest absolute Gasteiger partial charge is 0.222 e. The largest absolute Gasteiger partial charge is 0.506 e. The van der Waals surface area contributed by atoms with E-state index in [0.717, 1.165) is 47.2 Å². The Morgan fingerprint density at radius 1 is 1.08 bits per heavy atom. The normalized spacial score (nSPS) is 24.0. The summed E-state index contributed by atoms with van der Waals surface area (Å²) in [5.41, 5.74) is 3.07. The zero-order valence-corrected chi connectivity index (χ0v) is 15.1. The van der Waals surface area contributed by atoms with Gasteiger partial charge in [0.05, 0.1) is 10.8 Å². The van der Waals surface area contributed by atoms with Crippen LogP contribution in [0, 0.1) is 6.92 Å². The molecule has 3 N–H and O–H groups in total. The predicted molar refractivity (Wildman–Crippen MR) is 98.8 cm³/mol. The highest BCUT2D eigenvalue weighted by atomic mass is 16.5. The number of hydrogen-bond donors (Lipinski definition) is 2. The number of aryl methyl sites for hydroxylation is 1. The number of morpholine rings is 1. The third-order valence-electron chi connectivity index (χ3n) is 5.28. The Morgan fingerprint density at radius 3 is 2.56 bits per heavy atom. The van der Waals surface area contributed by atoms with Crippen LogP contribution in [0.2, 0.25) is 0 Å². The maximum atomic E-state index is 11.0. The van der Waals surface area contributed by atoms with Gasteiger partial charge in [-0.25, -0.2) is 4.98 Å². The highest BCUT2D eigenvalue weighted by Crippen LogP contribution is 2.31. The molecule has 3 aromatic rings. The van der Waals surface area contributed by atoms with Crippen molar-refractivity contribution in [1.82, 2.24) is 0 Å². The van der Waals surface area contributed by atoms with Crippen molar-refractivity contribution < 1.29 is 19.7 Å². The van der Waals surface area contributed by atoms with E-state index in [4.69, 9.17) is 4.74 Å². The molecule has 2 aromatic carbocycles. The highest BCUT2D eigenvalue weighted by Gasteiger charge is 2.29. The Kier molecular flexibility index (Phi) is 4.10. The fourth-order valence-corrected chi connectivity index (χ4v) is 4.21. The molecule has 4 nitrogen and oxygen atoms in total. The molecule has 1 fully saturated rings. The van der Waals surface area contributed by atoms with Gasteiger partial charge in [0.25, 0.3) is 0 Å². The van der Waals surface area contributed by atoms with Crippen LogP contribution in [0.5, 0.6) is 5.75 Å². The van der Waals surface area contributed by atoms with Gasteiger partial charge in [0.1, 0.15) is 43.2 Å². The molecule has 1 saturated heterocycles. The average Bonchev–Trinajstić information content (AvgIpc) is 2.57. The lowest BCUT2D eigenvalue weighted by Crippen LogP contribution is -3.14. The molecule has 0 radical (unpaired) electrons. The second-order valence-electron chi connectivity index (χ2n) is 7.38. The summed E-state index contributed by atoms with van der Waals surface area (Å²) in [6.07, 6.45) is 0.518. The lowest BCUT2D eigenvalue weighted by atomic mass is 10.0. The van der Waals surface area contributed by atoms with E-state index in [1.54, 1.807) is 0 Å². The molecule has 1 aliphatic rings. The number of rotatable bonds is 2. The lowest BCUT2D eigenvalue weighted by Gasteiger charge is -2.32. The minimum Gasteiger partial charge on any atom is -0.506 e. The van der Waals surface area contributed by atoms with Crippen LogP contribution >= 0.6 is 0 Å². The van der Waals surface area contributed by atoms with Crippen molar-refractivity contribution in [2.24, 2.45) is 0 Å². The van der Waals surface area contributed by atoms with Crippen LogP contribution < -0.4 is 9.88 Å². The molecule has 0 spiro atoms. The first kappa shape index (κ1) is 16.3. The molecule has 0 amide bonds. The first-order valence-electron chi connectivity index (χ1n) is 9.07. The van der Waals surface area contributed by atoms with Crippen molar-refractivity contribution in [1.29, 1.82) is 0 Å². The Bertz CT molecular complexity index is 928. The van der Waals surface area contributed by atoms with Gasteiger partial charge >= 0.3 is 0 Å². The van der Waals surface area contributed by atoms with E-state index in [0.29, 0.717) is 5.75 Å². The summed E-state index contributed by atoms with van der Waals surface area (Å²) in [6, 6.07) is 12.4. The quantitative estimate of drug-likeness (QED) is 0.702. The van der Waals surface area contributed by atoms with Crippen LogP contribution in [0.25, 0.3) is 21.7 Å². The molecule has 1 aliphatic heterocycles. The number of aromatic hydroxyl groups is 1. The number of benzene rings is 2. The number of aromatic amines is 1. The Morgan fingerprint density at radius 2 is 1.80 bits per heavy atom. The molecule has 130 valence electrons. The molecule has 4 rings (SSSR count). The van der Waals surface area contributed by atoms with E-state index in [2.05, 4.69) is 44.0 Å². The average molecular weight is 338 g/mol. The molecular formula is C21H26N2O2+2. The molecule has 2 heterocycles. The monoisotopic (exact) mass is 338 g/mol. The van der Waals surface area contributed by atoms with E-state index in [1.165, 1.54) is 10.3 Å². The van der Waals surface area contributed by atoms with Crippen molar-refractivity contribution in [3.05, 3.63) is 47.7 Å². The first-order chi connectivity index (χ1) is 12.0. The van der Waals surface area contributed by atoms with Gasteiger partial charge in [0.15, 0.2) is 5.69 Å². The second-order valence-corrected chi connectivity index (χ2v) is 7.38. The molecule has 0 aliphatic carbocycles. The molecule has 0 bridgehead atoms. The van der Waals surface area contributed by atoms with Crippen molar-refractivity contribution in [3.8, 4) is 5.75 Å². The van der Waals surface area contributed by atoms with Crippen LogP contribution in [-0.2, 0) is 11.3 Å². The summed E-state index contributed by atoms with van der Waals surface area (Å²) in [4.78, 5) is 5.01. The van der Waals surface area contributed by atoms with Crippen LogP contribution in [0.1, 0.15) is 25.1 Å². The fourth-order valence-electron chi connectivity index (χ4n) is 4.21. The summed E-state index contributed by atoms with van der Waals surface area (Å²) in [7, 11) is 0. The highest BCUT2D eigenvalue weighted by molar-refractivity contribution is 6.05. The summed E-state index contributed by atoms with van der Waals surface area (Å²) >= 11 is 0. The number of pyridine rings is 1. The SMILES string of the molecule is Cc1[nH+]c2c(ccc3ccccc32)c(O)c1C[NH+]1CC(C)OC(C)C1. The minimum atomic E-state index is 0.259. The number of aromatic nitrogens is 1. The zero-order chi connectivity index (χ0) is 17.6. The molecule has 0 saturated carbocycles. The van der Waals surface area contributed by atoms with Gasteiger partial charge in [-0.3, -0.25) is 0 Å². The van der Waals surface area contributed by atoms with E-state index in [-0.39, 0.29) is 12.2 Å². The first-order valence-corrected chi connectivity index (χ1v) is 9.07. The van der Waals surface area contributed by atoms with Gasteiger partial charge in [-0.05, 0) is 31.4 Å². The second kappa shape index (κ2) is 6.28. The Labute approximate surface area is 148 Å². The third-order valence-corrected chi connectivity index (χ3v) is 5.28. The van der Waals surface area contributed by atoms with Gasteiger partial charge in [0.2, 0.25) is 5.52 Å². The van der Waals surface area contributed by atoms with Crippen molar-refractivity contribution in [2.75, 3.05) is 13.1 Å². The number of hydrogen-bond acceptors (Lipinski definition) is 2. The summed E-state index contributed by atoms with van der Waals surface area (Å²) in [6.45, 7) is 9.07. The van der Waals surface area contributed by atoms with Gasteiger partial charge in [-0.2, -0.15) is 0 Å². The maximum absolute atomic E-state index is 11.0. The van der Waals surface area contributed by atoms with Gasteiger partial charge in [-0.1, -0.05) is 24.3 Å². The van der Waals surface area contributed by atoms with Crippen LogP contribution in [0.4, 0.5) is 0 Å². The van der Waals surface area contributed by atoms with E-state index in [1.807, 2.05) is 18.2 Å². The third kappa shape index (κ3) is 2.96. The van der Waals surface area contributed by atoms with E-state index < -0.39 is 0 Å². The number of fused-ring (bicyclic) bond motifs is 3. The Balaban J connectivity index is 1.78. The summed E-state index contributed by atoms with van der Waals surface area (Å²) in [5.74, 6) is 0.413. The number of nitrogens with one attached hydrogen (secondary N) is 2. The van der Waals surface area contributed by atoms with Gasteiger partial charge in [0, 0.05) is 6.92 Å². The molecule has 25 heavy (non-hydrogen) atoms. The van der Waals surface area contributed by atoms with E-state index in [9.17, 15) is 5.11 Å². The van der Waals surface area contributed by atoms with Gasteiger partial charge in [-0.15, -0.1) is 0 Å². The molecule has 2 atom stereocenters. The maximum Gasteiger partial charge on any atom is 0.222 e. The lowest BCUT2D eigenvalue weighted by molar-refractivity contribution is -0.928. The zero-order valence-electron chi connectivity index (χ0n) is 15.1. The molecule has 4 heteroatoms. The summed E-state index contributed by atoms with van der Waals surface area (Å²) < 4.78 is 5.84. The van der Waals surface area contributed by atoms with E-state index >= 15 is 0 Å². The number of quaternary nitrogens is 1. The number of H-pyrrole nitrogens is 1. The molecule has 1 aromatic heterocycles. The predicted octanol–water partition coefficient (Wildman–Crippen LogP) is 2.01. The van der Waals surface area contributed by atoms with Gasteiger partial charge < -0.3 is 14.7 Å². The number of ether oxygens (including phenoxy) is 1. The minimum absolute atomic E-state index is 0.259. The van der Waals surface area contributed by atoms with Crippen molar-refractivity contribution in [2.45, 2.75) is 39.5 Å². The Hall–Kier alpha value is -2.17. The molecule has 2 unspecified atom stereocenters. The van der Waals surface area contributed by atoms with Crippen LogP contribution in [0.3, 0.4) is 0 Å². The topological polar surface area (TPSA) is 48.0 Å². The fraction of sp³-hybridized carbons (Fsp3) is 0.381. The van der Waals surface area contributed by atoms with Crippen LogP contribution in [-0.4, -0.2) is 30.4 Å².